The third-order valence-corrected chi connectivity index (χ3v) is 5.85. The Bertz CT molecular complexity index is 998. The van der Waals surface area contributed by atoms with Crippen molar-refractivity contribution in [3.8, 4) is 11.4 Å². The summed E-state index contributed by atoms with van der Waals surface area (Å²) in [6.07, 6.45) is 8.14. The number of aromatic nitrogens is 3. The summed E-state index contributed by atoms with van der Waals surface area (Å²) in [5.41, 5.74) is 2.10. The molecular weight excluding hydrogens is 376 g/mol. The van der Waals surface area contributed by atoms with Crippen LogP contribution in [0.2, 0.25) is 0 Å². The molecule has 0 saturated heterocycles. The fraction of sp³-hybridized carbons (Fsp3) is 0.417. The average molecular weight is 405 g/mol. The van der Waals surface area contributed by atoms with Gasteiger partial charge >= 0.3 is 0 Å². The Balaban J connectivity index is 1.60. The van der Waals surface area contributed by atoms with Gasteiger partial charge < -0.3 is 9.84 Å². The highest BCUT2D eigenvalue weighted by Gasteiger charge is 2.41. The third kappa shape index (κ3) is 4.13. The largest absolute Gasteiger partial charge is 0.338 e. The number of pyridine rings is 1. The summed E-state index contributed by atoms with van der Waals surface area (Å²) in [4.78, 5) is 21.8. The molecule has 2 heterocycles. The fourth-order valence-corrected chi connectivity index (χ4v) is 3.99. The van der Waals surface area contributed by atoms with Gasteiger partial charge in [0.1, 0.15) is 5.54 Å². The van der Waals surface area contributed by atoms with E-state index in [1.807, 2.05) is 36.4 Å². The van der Waals surface area contributed by atoms with Crippen LogP contribution in [0, 0.1) is 0 Å². The quantitative estimate of drug-likeness (QED) is 0.660. The first kappa shape index (κ1) is 20.3. The predicted molar refractivity (Wildman–Crippen MR) is 115 cm³/mol. The van der Waals surface area contributed by atoms with E-state index in [0.717, 1.165) is 37.7 Å². The minimum absolute atomic E-state index is 0.0483. The zero-order valence-corrected chi connectivity index (χ0v) is 17.8. The number of rotatable bonds is 4. The Kier molecular flexibility index (Phi) is 5.41. The van der Waals surface area contributed by atoms with E-state index in [4.69, 9.17) is 4.52 Å². The number of amides is 1. The van der Waals surface area contributed by atoms with Crippen LogP contribution in [-0.2, 0) is 11.0 Å². The summed E-state index contributed by atoms with van der Waals surface area (Å²) in [7, 11) is 0. The van der Waals surface area contributed by atoms with Crippen LogP contribution in [0.15, 0.2) is 53.3 Å². The number of nitrogens with one attached hydrogen (secondary N) is 1. The first-order valence-corrected chi connectivity index (χ1v) is 10.6. The van der Waals surface area contributed by atoms with Gasteiger partial charge in [-0.1, -0.05) is 57.3 Å². The molecule has 156 valence electrons. The van der Waals surface area contributed by atoms with Gasteiger partial charge in [-0.05, 0) is 48.1 Å². The van der Waals surface area contributed by atoms with Gasteiger partial charge in [-0.25, -0.2) is 0 Å². The molecule has 0 aliphatic heterocycles. The molecule has 1 aromatic carbocycles. The molecule has 6 heteroatoms. The van der Waals surface area contributed by atoms with Crippen LogP contribution in [0.3, 0.4) is 0 Å². The van der Waals surface area contributed by atoms with Gasteiger partial charge in [0.15, 0.2) is 0 Å². The van der Waals surface area contributed by atoms with Crippen LogP contribution in [0.4, 0.5) is 0 Å². The zero-order valence-electron chi connectivity index (χ0n) is 17.8. The standard InChI is InChI=1S/C24H28N4O2/c1-23(2,3)19-9-7-18(8-10-19)21(29)27-24(13-5-4-6-14-24)22-26-20(28-30-22)17-11-15-25-16-12-17/h7-12,15-16H,4-6,13-14H2,1-3H3,(H,27,29). The van der Waals surface area contributed by atoms with Crippen molar-refractivity contribution in [1.29, 1.82) is 0 Å². The van der Waals surface area contributed by atoms with Gasteiger partial charge in [0.2, 0.25) is 5.82 Å². The molecule has 1 fully saturated rings. The van der Waals surface area contributed by atoms with Crippen molar-refractivity contribution in [2.24, 2.45) is 0 Å². The second-order valence-electron chi connectivity index (χ2n) is 9.08. The number of carbonyl (C=O) groups excluding carboxylic acids is 1. The Hall–Kier alpha value is -3.02. The molecule has 0 atom stereocenters. The van der Waals surface area contributed by atoms with E-state index < -0.39 is 5.54 Å². The highest BCUT2D eigenvalue weighted by Crippen LogP contribution is 2.37. The monoisotopic (exact) mass is 404 g/mol. The third-order valence-electron chi connectivity index (χ3n) is 5.85. The summed E-state index contributed by atoms with van der Waals surface area (Å²) >= 11 is 0. The van der Waals surface area contributed by atoms with Gasteiger partial charge in [0.25, 0.3) is 11.8 Å². The highest BCUT2D eigenvalue weighted by molar-refractivity contribution is 5.94. The lowest BCUT2D eigenvalue weighted by Crippen LogP contribution is -2.47. The van der Waals surface area contributed by atoms with Crippen molar-refractivity contribution in [2.75, 3.05) is 0 Å². The summed E-state index contributed by atoms with van der Waals surface area (Å²) in [6, 6.07) is 11.5. The van der Waals surface area contributed by atoms with Crippen molar-refractivity contribution < 1.29 is 9.32 Å². The smallest absolute Gasteiger partial charge is 0.252 e. The summed E-state index contributed by atoms with van der Waals surface area (Å²) in [5.74, 6) is 0.885. The molecule has 1 saturated carbocycles. The number of carbonyl (C=O) groups is 1. The van der Waals surface area contributed by atoms with Crippen molar-refractivity contribution in [3.63, 3.8) is 0 Å². The lowest BCUT2D eigenvalue weighted by Gasteiger charge is -2.34. The van der Waals surface area contributed by atoms with Crippen molar-refractivity contribution in [3.05, 3.63) is 65.8 Å². The normalized spacial score (nSPS) is 16.2. The Morgan fingerprint density at radius 1 is 1.00 bits per heavy atom. The van der Waals surface area contributed by atoms with E-state index in [9.17, 15) is 4.79 Å². The van der Waals surface area contributed by atoms with Crippen LogP contribution in [0.5, 0.6) is 0 Å². The first-order chi connectivity index (χ1) is 14.4. The molecule has 1 N–H and O–H groups in total. The zero-order chi connectivity index (χ0) is 21.2. The Morgan fingerprint density at radius 2 is 1.67 bits per heavy atom. The predicted octanol–water partition coefficient (Wildman–Crippen LogP) is 5.02. The maximum atomic E-state index is 13.1. The first-order valence-electron chi connectivity index (χ1n) is 10.6. The van der Waals surface area contributed by atoms with Crippen LogP contribution in [0.25, 0.3) is 11.4 Å². The van der Waals surface area contributed by atoms with Crippen molar-refractivity contribution in [2.45, 2.75) is 63.8 Å². The van der Waals surface area contributed by atoms with E-state index in [-0.39, 0.29) is 11.3 Å². The molecule has 6 nitrogen and oxygen atoms in total. The molecular formula is C24H28N4O2. The van der Waals surface area contributed by atoms with Crippen LogP contribution in [-0.4, -0.2) is 21.0 Å². The van der Waals surface area contributed by atoms with E-state index in [0.29, 0.717) is 17.3 Å². The van der Waals surface area contributed by atoms with E-state index in [2.05, 4.69) is 41.2 Å². The maximum absolute atomic E-state index is 13.1. The van der Waals surface area contributed by atoms with Crippen LogP contribution < -0.4 is 5.32 Å². The van der Waals surface area contributed by atoms with Crippen molar-refractivity contribution >= 4 is 5.91 Å². The summed E-state index contributed by atoms with van der Waals surface area (Å²) < 4.78 is 5.67. The molecule has 1 aliphatic rings. The van der Waals surface area contributed by atoms with E-state index in [1.54, 1.807) is 12.4 Å². The molecule has 0 bridgehead atoms. The molecule has 30 heavy (non-hydrogen) atoms. The van der Waals surface area contributed by atoms with Gasteiger partial charge in [-0.15, -0.1) is 0 Å². The molecule has 2 aromatic heterocycles. The number of hydrogen-bond donors (Lipinski definition) is 1. The molecule has 1 amide bonds. The van der Waals surface area contributed by atoms with Crippen LogP contribution in [0.1, 0.15) is 74.7 Å². The molecule has 0 unspecified atom stereocenters. The number of hydrogen-bond acceptors (Lipinski definition) is 5. The van der Waals surface area contributed by atoms with Gasteiger partial charge in [-0.3, -0.25) is 9.78 Å². The van der Waals surface area contributed by atoms with Gasteiger partial charge in [0.05, 0.1) is 0 Å². The highest BCUT2D eigenvalue weighted by atomic mass is 16.5. The van der Waals surface area contributed by atoms with Gasteiger partial charge in [-0.2, -0.15) is 4.98 Å². The molecule has 0 spiro atoms. The second kappa shape index (κ2) is 8.01. The molecule has 0 radical (unpaired) electrons. The SMILES string of the molecule is CC(C)(C)c1ccc(C(=O)NC2(c3nc(-c4ccncc4)no3)CCCCC2)cc1. The lowest BCUT2D eigenvalue weighted by atomic mass is 9.81. The number of benzene rings is 1. The fourth-order valence-electron chi connectivity index (χ4n) is 3.99. The maximum Gasteiger partial charge on any atom is 0.252 e. The van der Waals surface area contributed by atoms with Gasteiger partial charge in [0, 0.05) is 23.5 Å². The Morgan fingerprint density at radius 3 is 2.30 bits per heavy atom. The topological polar surface area (TPSA) is 80.9 Å². The van der Waals surface area contributed by atoms with Crippen LogP contribution >= 0.6 is 0 Å². The second-order valence-corrected chi connectivity index (χ2v) is 9.08. The summed E-state index contributed by atoms with van der Waals surface area (Å²) in [5, 5.41) is 7.40. The van der Waals surface area contributed by atoms with E-state index >= 15 is 0 Å². The molecule has 1 aliphatic carbocycles. The average Bonchev–Trinajstić information content (AvgIpc) is 3.26. The Labute approximate surface area is 177 Å². The minimum atomic E-state index is -0.629. The lowest BCUT2D eigenvalue weighted by molar-refractivity contribution is 0.0824. The van der Waals surface area contributed by atoms with E-state index in [1.165, 1.54) is 5.56 Å². The number of nitrogens with zero attached hydrogens (tertiary/aromatic N) is 3. The molecule has 3 aromatic rings. The minimum Gasteiger partial charge on any atom is -0.338 e. The van der Waals surface area contributed by atoms with Crippen molar-refractivity contribution in [1.82, 2.24) is 20.4 Å². The molecule has 4 rings (SSSR count). The summed E-state index contributed by atoms with van der Waals surface area (Å²) in [6.45, 7) is 6.49.